The Morgan fingerprint density at radius 3 is 2.69 bits per heavy atom. The average Bonchev–Trinajstić information content (AvgIpc) is 3.23. The Bertz CT molecular complexity index is 835. The Kier molecular flexibility index (Phi) is 4.99. The van der Waals surface area contributed by atoms with Crippen LogP contribution < -0.4 is 5.32 Å². The second kappa shape index (κ2) is 7.06. The van der Waals surface area contributed by atoms with Gasteiger partial charge in [0, 0.05) is 17.0 Å². The van der Waals surface area contributed by atoms with E-state index in [0.717, 1.165) is 23.5 Å². The number of amides is 1. The van der Waals surface area contributed by atoms with Crippen LogP contribution in [-0.2, 0) is 11.0 Å². The summed E-state index contributed by atoms with van der Waals surface area (Å²) in [6.07, 6.45) is -3.00. The highest BCUT2D eigenvalue weighted by Gasteiger charge is 2.32. The molecule has 2 aromatic rings. The lowest BCUT2D eigenvalue weighted by atomic mass is 10.1. The summed E-state index contributed by atoms with van der Waals surface area (Å²) in [7, 11) is 0. The van der Waals surface area contributed by atoms with E-state index in [9.17, 15) is 22.8 Å². The van der Waals surface area contributed by atoms with E-state index < -0.39 is 29.5 Å². The van der Waals surface area contributed by atoms with Crippen molar-refractivity contribution < 1.29 is 27.9 Å². The van der Waals surface area contributed by atoms with E-state index in [0.29, 0.717) is 24.3 Å². The summed E-state index contributed by atoms with van der Waals surface area (Å²) in [5, 5.41) is 13.5. The van der Waals surface area contributed by atoms with Gasteiger partial charge in [0.2, 0.25) is 0 Å². The van der Waals surface area contributed by atoms with Crippen molar-refractivity contribution in [1.29, 1.82) is 0 Å². The highest BCUT2D eigenvalue weighted by atomic mass is 32.1. The molecule has 26 heavy (non-hydrogen) atoms. The normalized spacial score (nSPS) is 20.1. The molecule has 3 rings (SSSR count). The number of hydrogen-bond acceptors (Lipinski definition) is 4. The maximum atomic E-state index is 12.8. The Labute approximate surface area is 150 Å². The number of carbonyl (C=O) groups excluding carboxylic acids is 1. The number of carbonyl (C=O) groups is 2. The zero-order valence-corrected chi connectivity index (χ0v) is 14.2. The summed E-state index contributed by atoms with van der Waals surface area (Å²) in [6, 6.07) is 4.54. The van der Waals surface area contributed by atoms with Crippen molar-refractivity contribution >= 4 is 23.2 Å². The molecule has 1 aromatic heterocycles. The SMILES string of the molecule is O=C(N[C@H]1CC[C@@H](C(=O)O)C1)c1csc(-c2cccc(C(F)(F)F)c2)n1. The molecule has 1 saturated carbocycles. The van der Waals surface area contributed by atoms with Gasteiger partial charge in [0.25, 0.3) is 5.91 Å². The molecule has 0 saturated heterocycles. The van der Waals surface area contributed by atoms with Gasteiger partial charge in [-0.2, -0.15) is 13.2 Å². The average molecular weight is 384 g/mol. The van der Waals surface area contributed by atoms with Gasteiger partial charge in [-0.15, -0.1) is 11.3 Å². The van der Waals surface area contributed by atoms with Gasteiger partial charge in [-0.25, -0.2) is 4.98 Å². The first-order chi connectivity index (χ1) is 12.2. The van der Waals surface area contributed by atoms with Crippen LogP contribution in [0.25, 0.3) is 10.6 Å². The molecule has 0 bridgehead atoms. The number of nitrogens with zero attached hydrogens (tertiary/aromatic N) is 1. The lowest BCUT2D eigenvalue weighted by Gasteiger charge is -2.11. The van der Waals surface area contributed by atoms with Crippen LogP contribution in [0, 0.1) is 5.92 Å². The van der Waals surface area contributed by atoms with E-state index in [1.165, 1.54) is 17.5 Å². The molecule has 0 aliphatic heterocycles. The van der Waals surface area contributed by atoms with E-state index in [-0.39, 0.29) is 17.3 Å². The number of aliphatic carboxylic acids is 1. The van der Waals surface area contributed by atoms with Gasteiger partial charge in [-0.05, 0) is 31.4 Å². The molecule has 2 atom stereocenters. The minimum Gasteiger partial charge on any atom is -0.481 e. The fourth-order valence-corrected chi connectivity index (χ4v) is 3.73. The van der Waals surface area contributed by atoms with E-state index in [2.05, 4.69) is 10.3 Å². The van der Waals surface area contributed by atoms with Crippen molar-refractivity contribution in [3.8, 4) is 10.6 Å². The molecule has 1 aromatic carbocycles. The molecule has 1 heterocycles. The molecule has 9 heteroatoms. The number of thiazole rings is 1. The first kappa shape index (κ1) is 18.4. The van der Waals surface area contributed by atoms with Gasteiger partial charge >= 0.3 is 12.1 Å². The number of carboxylic acids is 1. The van der Waals surface area contributed by atoms with Crippen LogP contribution in [0.3, 0.4) is 0 Å². The molecular formula is C17H15F3N2O3S. The van der Waals surface area contributed by atoms with Crippen LogP contribution in [0.4, 0.5) is 13.2 Å². The van der Waals surface area contributed by atoms with Crippen LogP contribution in [-0.4, -0.2) is 28.0 Å². The number of halogens is 3. The number of carboxylic acid groups (broad SMARTS) is 1. The van der Waals surface area contributed by atoms with Crippen LogP contribution in [0.1, 0.15) is 35.3 Å². The summed E-state index contributed by atoms with van der Waals surface area (Å²) in [5.41, 5.74) is -0.376. The topological polar surface area (TPSA) is 79.3 Å². The van der Waals surface area contributed by atoms with Gasteiger partial charge in [-0.3, -0.25) is 9.59 Å². The summed E-state index contributed by atoms with van der Waals surface area (Å²) in [4.78, 5) is 27.3. The summed E-state index contributed by atoms with van der Waals surface area (Å²) in [5.74, 6) is -1.78. The molecule has 1 amide bonds. The predicted octanol–water partition coefficient (Wildman–Crippen LogP) is 3.81. The highest BCUT2D eigenvalue weighted by molar-refractivity contribution is 7.13. The smallest absolute Gasteiger partial charge is 0.416 e. The molecule has 0 radical (unpaired) electrons. The first-order valence-corrected chi connectivity index (χ1v) is 8.79. The fourth-order valence-electron chi connectivity index (χ4n) is 2.94. The van der Waals surface area contributed by atoms with Crippen LogP contribution >= 0.6 is 11.3 Å². The third-order valence-electron chi connectivity index (χ3n) is 4.29. The lowest BCUT2D eigenvalue weighted by Crippen LogP contribution is -2.33. The molecule has 2 N–H and O–H groups in total. The second-order valence-corrected chi connectivity index (χ2v) is 6.99. The monoisotopic (exact) mass is 384 g/mol. The largest absolute Gasteiger partial charge is 0.481 e. The minimum atomic E-state index is -4.45. The molecule has 1 fully saturated rings. The van der Waals surface area contributed by atoms with Crippen molar-refractivity contribution in [2.24, 2.45) is 5.92 Å². The fraction of sp³-hybridized carbons (Fsp3) is 0.353. The molecule has 0 spiro atoms. The van der Waals surface area contributed by atoms with Gasteiger partial charge in [0.05, 0.1) is 11.5 Å². The maximum absolute atomic E-state index is 12.8. The van der Waals surface area contributed by atoms with E-state index in [1.807, 2.05) is 0 Å². The number of rotatable bonds is 4. The first-order valence-electron chi connectivity index (χ1n) is 7.91. The maximum Gasteiger partial charge on any atom is 0.416 e. The van der Waals surface area contributed by atoms with Crippen LogP contribution in [0.5, 0.6) is 0 Å². The summed E-state index contributed by atoms with van der Waals surface area (Å²) < 4.78 is 38.4. The number of nitrogens with one attached hydrogen (secondary N) is 1. The molecule has 1 aliphatic carbocycles. The van der Waals surface area contributed by atoms with Crippen molar-refractivity contribution in [1.82, 2.24) is 10.3 Å². The summed E-state index contributed by atoms with van der Waals surface area (Å²) in [6.45, 7) is 0. The van der Waals surface area contributed by atoms with E-state index >= 15 is 0 Å². The molecule has 5 nitrogen and oxygen atoms in total. The standard InChI is InChI=1S/C17H15F3N2O3S/c18-17(19,20)11-3-1-2-9(6-11)15-22-13(8-26-15)14(23)21-12-5-4-10(7-12)16(24)25/h1-3,6,8,10,12H,4-5,7H2,(H,21,23)(H,24,25)/t10-,12+/m1/s1. The van der Waals surface area contributed by atoms with Crippen LogP contribution in [0.15, 0.2) is 29.6 Å². The molecule has 1 aliphatic rings. The Hall–Kier alpha value is -2.42. The van der Waals surface area contributed by atoms with Crippen LogP contribution in [0.2, 0.25) is 0 Å². The number of hydrogen-bond donors (Lipinski definition) is 2. The summed E-state index contributed by atoms with van der Waals surface area (Å²) >= 11 is 1.08. The van der Waals surface area contributed by atoms with E-state index in [4.69, 9.17) is 5.11 Å². The Morgan fingerprint density at radius 2 is 2.04 bits per heavy atom. The van der Waals surface area contributed by atoms with Gasteiger partial charge in [0.15, 0.2) is 0 Å². The zero-order valence-electron chi connectivity index (χ0n) is 13.4. The number of alkyl halides is 3. The minimum absolute atomic E-state index is 0.112. The second-order valence-electron chi connectivity index (χ2n) is 6.14. The van der Waals surface area contributed by atoms with E-state index in [1.54, 1.807) is 0 Å². The van der Waals surface area contributed by atoms with Crippen molar-refractivity contribution in [3.05, 3.63) is 40.9 Å². The van der Waals surface area contributed by atoms with Gasteiger partial charge < -0.3 is 10.4 Å². The Morgan fingerprint density at radius 1 is 1.27 bits per heavy atom. The zero-order chi connectivity index (χ0) is 18.9. The third-order valence-corrected chi connectivity index (χ3v) is 5.18. The van der Waals surface area contributed by atoms with Crippen molar-refractivity contribution in [2.45, 2.75) is 31.5 Å². The quantitative estimate of drug-likeness (QED) is 0.840. The lowest BCUT2D eigenvalue weighted by molar-refractivity contribution is -0.141. The van der Waals surface area contributed by atoms with Gasteiger partial charge in [0.1, 0.15) is 10.7 Å². The number of aromatic nitrogens is 1. The van der Waals surface area contributed by atoms with Gasteiger partial charge in [-0.1, -0.05) is 12.1 Å². The highest BCUT2D eigenvalue weighted by Crippen LogP contribution is 2.33. The number of benzene rings is 1. The molecule has 0 unspecified atom stereocenters. The third kappa shape index (κ3) is 4.04. The molecular weight excluding hydrogens is 369 g/mol. The predicted molar refractivity (Wildman–Crippen MR) is 88.8 cm³/mol. The molecule has 138 valence electrons. The Balaban J connectivity index is 1.70. The van der Waals surface area contributed by atoms with Crippen molar-refractivity contribution in [2.75, 3.05) is 0 Å². The van der Waals surface area contributed by atoms with Crippen molar-refractivity contribution in [3.63, 3.8) is 0 Å².